The molecule has 1 aliphatic rings. The number of unbranched alkanes of at least 4 members (excludes halogenated alkanes) is 1. The molecule has 0 amide bonds. The van der Waals surface area contributed by atoms with Crippen LogP contribution in [0.4, 0.5) is 0 Å². The first-order valence-corrected chi connectivity index (χ1v) is 17.2. The molecule has 0 bridgehead atoms. The lowest BCUT2D eigenvalue weighted by atomic mass is 9.88. The van der Waals surface area contributed by atoms with Gasteiger partial charge in [0.2, 0.25) is 0 Å². The third-order valence-corrected chi connectivity index (χ3v) is 8.67. The molecule has 5 N–H and O–H groups in total. The highest BCUT2D eigenvalue weighted by Gasteiger charge is 2.25. The maximum absolute atomic E-state index is 10.7. The van der Waals surface area contributed by atoms with Crippen LogP contribution in [0.25, 0.3) is 0 Å². The molecule has 0 radical (unpaired) electrons. The molecule has 0 aromatic rings. The summed E-state index contributed by atoms with van der Waals surface area (Å²) in [5.74, 6) is -1.13. The van der Waals surface area contributed by atoms with E-state index in [1.54, 1.807) is 37.3 Å². The van der Waals surface area contributed by atoms with Crippen LogP contribution in [0.15, 0.2) is 121 Å². The molecule has 0 heterocycles. The van der Waals surface area contributed by atoms with E-state index in [9.17, 15) is 20.1 Å². The lowest BCUT2D eigenvalue weighted by molar-refractivity contribution is -0.132. The van der Waals surface area contributed by atoms with Gasteiger partial charge >= 0.3 is 5.97 Å². The minimum atomic E-state index is -0.924. The average Bonchev–Trinajstić information content (AvgIpc) is 3.57. The van der Waals surface area contributed by atoms with Gasteiger partial charge in [-0.25, -0.2) is 4.79 Å². The van der Waals surface area contributed by atoms with Gasteiger partial charge in [-0.05, 0) is 51.9 Å². The molecular weight excluding hydrogens is 586 g/mol. The second-order valence-corrected chi connectivity index (χ2v) is 12.6. The van der Waals surface area contributed by atoms with Gasteiger partial charge in [-0.3, -0.25) is 0 Å². The second-order valence-electron chi connectivity index (χ2n) is 12.6. The van der Waals surface area contributed by atoms with Crippen LogP contribution in [-0.2, 0) is 4.79 Å². The number of carboxylic acid groups (broad SMARTS) is 1. The first-order chi connectivity index (χ1) is 22.5. The molecule has 0 saturated heterocycles. The van der Waals surface area contributed by atoms with Gasteiger partial charge < -0.3 is 25.7 Å². The Morgan fingerprint density at radius 1 is 0.702 bits per heavy atom. The molecule has 0 aromatic heterocycles. The Morgan fingerprint density at radius 3 is 1.85 bits per heavy atom. The largest absolute Gasteiger partial charge is 0.478 e. The molecular formula is C41H61NO5. The van der Waals surface area contributed by atoms with Gasteiger partial charge in [-0.1, -0.05) is 149 Å². The second kappa shape index (κ2) is 25.8. The van der Waals surface area contributed by atoms with E-state index in [0.29, 0.717) is 18.5 Å². The third kappa shape index (κ3) is 19.9. The van der Waals surface area contributed by atoms with Gasteiger partial charge in [0.15, 0.2) is 0 Å². The van der Waals surface area contributed by atoms with Crippen LogP contribution < -0.4 is 5.32 Å². The number of carbonyl (C=O) groups is 1. The summed E-state index contributed by atoms with van der Waals surface area (Å²) in [6.07, 6.45) is 41.4. The molecule has 260 valence electrons. The maximum Gasteiger partial charge on any atom is 0.331 e. The topological polar surface area (TPSA) is 110 Å². The van der Waals surface area contributed by atoms with Crippen molar-refractivity contribution in [3.05, 3.63) is 121 Å². The average molecular weight is 648 g/mol. The third-order valence-electron chi connectivity index (χ3n) is 8.67. The summed E-state index contributed by atoms with van der Waals surface area (Å²) in [6, 6.07) is 0.920. The van der Waals surface area contributed by atoms with Crippen molar-refractivity contribution in [1.29, 1.82) is 0 Å². The first kappa shape index (κ1) is 41.7. The molecule has 7 unspecified atom stereocenters. The molecule has 0 spiro atoms. The zero-order valence-electron chi connectivity index (χ0n) is 29.2. The van der Waals surface area contributed by atoms with Gasteiger partial charge in [0.05, 0.1) is 18.3 Å². The monoisotopic (exact) mass is 647 g/mol. The van der Waals surface area contributed by atoms with E-state index in [1.165, 1.54) is 25.7 Å². The van der Waals surface area contributed by atoms with Crippen LogP contribution in [0.5, 0.6) is 0 Å². The SMILES string of the molecule is CC(=CC=CC=CCCC=CC(C)C(O)C(C)C(O)C=CC=CC=CC=CC=CC=CCC(O)C(C)C(C)NC1CCCC1)C(=O)O. The Morgan fingerprint density at radius 2 is 1.23 bits per heavy atom. The molecule has 0 aliphatic heterocycles. The number of allylic oxidation sites excluding steroid dienone is 16. The fourth-order valence-corrected chi connectivity index (χ4v) is 5.14. The van der Waals surface area contributed by atoms with Gasteiger partial charge in [0.1, 0.15) is 0 Å². The number of hydrogen-bond donors (Lipinski definition) is 5. The number of aliphatic carboxylic acids is 1. The molecule has 47 heavy (non-hydrogen) atoms. The van der Waals surface area contributed by atoms with Crippen LogP contribution in [0.2, 0.25) is 0 Å². The van der Waals surface area contributed by atoms with E-state index in [2.05, 4.69) is 19.2 Å². The number of carboxylic acids is 1. The predicted molar refractivity (Wildman–Crippen MR) is 198 cm³/mol. The smallest absolute Gasteiger partial charge is 0.331 e. The molecule has 1 aliphatic carbocycles. The zero-order valence-corrected chi connectivity index (χ0v) is 29.2. The van der Waals surface area contributed by atoms with Crippen molar-refractivity contribution in [3.63, 3.8) is 0 Å². The summed E-state index contributed by atoms with van der Waals surface area (Å²) < 4.78 is 0. The summed E-state index contributed by atoms with van der Waals surface area (Å²) in [5, 5.41) is 44.2. The highest BCUT2D eigenvalue weighted by molar-refractivity contribution is 5.86. The van der Waals surface area contributed by atoms with Gasteiger partial charge in [-0.2, -0.15) is 0 Å². The zero-order chi connectivity index (χ0) is 34.9. The van der Waals surface area contributed by atoms with E-state index in [0.717, 1.165) is 12.8 Å². The summed E-state index contributed by atoms with van der Waals surface area (Å²) in [5.41, 5.74) is 0.289. The van der Waals surface area contributed by atoms with Crippen LogP contribution in [0, 0.1) is 17.8 Å². The molecule has 0 aromatic carbocycles. The normalized spacial score (nSPS) is 20.5. The molecule has 7 atom stereocenters. The van der Waals surface area contributed by atoms with E-state index < -0.39 is 18.2 Å². The van der Waals surface area contributed by atoms with Crippen molar-refractivity contribution in [2.45, 2.75) is 110 Å². The van der Waals surface area contributed by atoms with E-state index in [1.807, 2.05) is 98.9 Å². The highest BCUT2D eigenvalue weighted by Crippen LogP contribution is 2.21. The van der Waals surface area contributed by atoms with Crippen LogP contribution in [0.1, 0.15) is 79.6 Å². The standard InChI is InChI=1S/C41H61NO5/c1-32(26-20-16-12-11-13-17-21-27-33(2)41(46)47)40(45)35(4)39(44)31-23-19-15-10-8-6-7-9-14-18-22-30-38(43)34(3)36(5)42-37-28-24-25-29-37/h6-11,13-15,17-23,26-27,31-32,34-40,42-45H,12,16,24-25,28-30H2,1-5H3,(H,46,47). The summed E-state index contributed by atoms with van der Waals surface area (Å²) in [4.78, 5) is 10.7. The number of rotatable bonds is 22. The minimum absolute atomic E-state index is 0.0940. The molecule has 1 saturated carbocycles. The van der Waals surface area contributed by atoms with Crippen molar-refractivity contribution in [3.8, 4) is 0 Å². The van der Waals surface area contributed by atoms with E-state index in [-0.39, 0.29) is 29.4 Å². The summed E-state index contributed by atoms with van der Waals surface area (Å²) in [6.45, 7) is 9.63. The Balaban J connectivity index is 2.29. The Bertz CT molecular complexity index is 1160. The number of aliphatic hydroxyl groups excluding tert-OH is 3. The first-order valence-electron chi connectivity index (χ1n) is 17.2. The lowest BCUT2D eigenvalue weighted by Gasteiger charge is -2.28. The van der Waals surface area contributed by atoms with Crippen molar-refractivity contribution >= 4 is 5.97 Å². The van der Waals surface area contributed by atoms with Crippen LogP contribution in [0.3, 0.4) is 0 Å². The van der Waals surface area contributed by atoms with Crippen molar-refractivity contribution in [2.24, 2.45) is 17.8 Å². The van der Waals surface area contributed by atoms with Gasteiger partial charge in [0.25, 0.3) is 0 Å². The quantitative estimate of drug-likeness (QED) is 0.0352. The summed E-state index contributed by atoms with van der Waals surface area (Å²) in [7, 11) is 0. The van der Waals surface area contributed by atoms with Crippen LogP contribution >= 0.6 is 0 Å². The number of aliphatic hydroxyl groups is 3. The molecule has 6 nitrogen and oxygen atoms in total. The Kier molecular flexibility index (Phi) is 22.9. The van der Waals surface area contributed by atoms with E-state index in [4.69, 9.17) is 5.11 Å². The van der Waals surface area contributed by atoms with Gasteiger partial charge in [-0.15, -0.1) is 0 Å². The molecule has 1 fully saturated rings. The minimum Gasteiger partial charge on any atom is -0.478 e. The van der Waals surface area contributed by atoms with Crippen molar-refractivity contribution in [2.75, 3.05) is 0 Å². The fourth-order valence-electron chi connectivity index (χ4n) is 5.14. The lowest BCUT2D eigenvalue weighted by Crippen LogP contribution is -2.42. The van der Waals surface area contributed by atoms with Crippen molar-refractivity contribution < 1.29 is 25.2 Å². The summed E-state index contributed by atoms with van der Waals surface area (Å²) >= 11 is 0. The molecule has 6 heteroatoms. The number of nitrogens with one attached hydrogen (secondary N) is 1. The van der Waals surface area contributed by atoms with Crippen molar-refractivity contribution in [1.82, 2.24) is 5.32 Å². The Hall–Kier alpha value is -3.29. The van der Waals surface area contributed by atoms with Crippen LogP contribution in [-0.4, -0.2) is 56.8 Å². The number of hydrogen-bond acceptors (Lipinski definition) is 5. The van der Waals surface area contributed by atoms with Gasteiger partial charge in [0, 0.05) is 29.5 Å². The highest BCUT2D eigenvalue weighted by atomic mass is 16.4. The Labute approximate surface area is 284 Å². The fraction of sp³-hybridized carbons (Fsp3) is 0.488. The van der Waals surface area contributed by atoms with E-state index >= 15 is 0 Å². The molecule has 1 rings (SSSR count). The maximum atomic E-state index is 10.7. The predicted octanol–water partition coefficient (Wildman–Crippen LogP) is 8.11.